The molecule has 7 nitrogen and oxygen atoms in total. The van der Waals surface area contributed by atoms with E-state index in [0.717, 1.165) is 18.9 Å². The Hall–Kier alpha value is -3.09. The van der Waals surface area contributed by atoms with Crippen LogP contribution in [0, 0.1) is 0 Å². The number of pyridine rings is 1. The molecule has 1 aromatic heterocycles. The van der Waals surface area contributed by atoms with E-state index in [2.05, 4.69) is 15.2 Å². The number of carbonyl (C=O) groups excluding carboxylic acids is 2. The fraction of sp³-hybridized carbons (Fsp3) is 0.381. The molecule has 0 spiro atoms. The van der Waals surface area contributed by atoms with E-state index in [1.54, 1.807) is 25.3 Å². The van der Waals surface area contributed by atoms with Gasteiger partial charge in [-0.3, -0.25) is 4.79 Å². The Bertz CT molecular complexity index is 789. The lowest BCUT2D eigenvalue weighted by atomic mass is 10.1. The van der Waals surface area contributed by atoms with E-state index in [4.69, 9.17) is 4.74 Å². The van der Waals surface area contributed by atoms with Crippen LogP contribution in [0.4, 0.5) is 11.5 Å². The number of esters is 1. The Kier molecular flexibility index (Phi) is 6.84. The lowest BCUT2D eigenvalue weighted by Crippen LogP contribution is -2.49. The maximum Gasteiger partial charge on any atom is 0.340 e. The van der Waals surface area contributed by atoms with E-state index in [1.165, 1.54) is 0 Å². The molecule has 7 heteroatoms. The molecule has 0 aliphatic carbocycles. The monoisotopic (exact) mass is 382 g/mol. The van der Waals surface area contributed by atoms with Gasteiger partial charge >= 0.3 is 5.97 Å². The lowest BCUT2D eigenvalue weighted by molar-refractivity contribution is -0.131. The van der Waals surface area contributed by atoms with Crippen LogP contribution in [0.25, 0.3) is 0 Å². The van der Waals surface area contributed by atoms with Crippen molar-refractivity contribution in [2.45, 2.75) is 13.3 Å². The first-order valence-corrected chi connectivity index (χ1v) is 9.63. The zero-order valence-corrected chi connectivity index (χ0v) is 16.1. The molecule has 0 saturated carbocycles. The average molecular weight is 382 g/mol. The van der Waals surface area contributed by atoms with Gasteiger partial charge in [0.1, 0.15) is 5.82 Å². The largest absolute Gasteiger partial charge is 0.462 e. The van der Waals surface area contributed by atoms with Gasteiger partial charge in [-0.2, -0.15) is 0 Å². The normalized spacial score (nSPS) is 13.9. The molecule has 1 fully saturated rings. The minimum atomic E-state index is -0.359. The Balaban J connectivity index is 1.46. The number of rotatable bonds is 7. The molecule has 1 N–H and O–H groups in total. The molecule has 2 aromatic rings. The predicted octanol–water partition coefficient (Wildman–Crippen LogP) is 2.41. The average Bonchev–Trinajstić information content (AvgIpc) is 2.75. The number of carbonyl (C=O) groups is 2. The first kappa shape index (κ1) is 19.7. The van der Waals surface area contributed by atoms with Gasteiger partial charge in [0, 0.05) is 51.0 Å². The number of piperazine rings is 1. The maximum atomic E-state index is 12.5. The number of hydrogen-bond donors (Lipinski definition) is 1. The van der Waals surface area contributed by atoms with Crippen molar-refractivity contribution in [1.82, 2.24) is 9.88 Å². The molecule has 0 bridgehead atoms. The minimum absolute atomic E-state index is 0.113. The summed E-state index contributed by atoms with van der Waals surface area (Å²) in [4.78, 5) is 33.0. The number of amides is 1. The van der Waals surface area contributed by atoms with Crippen molar-refractivity contribution in [1.29, 1.82) is 0 Å². The van der Waals surface area contributed by atoms with Gasteiger partial charge in [0.25, 0.3) is 0 Å². The summed E-state index contributed by atoms with van der Waals surface area (Å²) in [6.45, 7) is 5.51. The van der Waals surface area contributed by atoms with E-state index in [0.29, 0.717) is 43.9 Å². The third-order valence-corrected chi connectivity index (χ3v) is 4.68. The predicted molar refractivity (Wildman–Crippen MR) is 109 cm³/mol. The van der Waals surface area contributed by atoms with Crippen molar-refractivity contribution >= 4 is 23.4 Å². The summed E-state index contributed by atoms with van der Waals surface area (Å²) in [6, 6.07) is 13.0. The first-order valence-electron chi connectivity index (χ1n) is 9.63. The highest BCUT2D eigenvalue weighted by atomic mass is 16.5. The van der Waals surface area contributed by atoms with E-state index >= 15 is 0 Å². The molecule has 1 aliphatic heterocycles. The van der Waals surface area contributed by atoms with E-state index < -0.39 is 0 Å². The van der Waals surface area contributed by atoms with Crippen LogP contribution >= 0.6 is 0 Å². The highest BCUT2D eigenvalue weighted by Gasteiger charge is 2.21. The van der Waals surface area contributed by atoms with Crippen molar-refractivity contribution < 1.29 is 14.3 Å². The molecule has 1 amide bonds. The van der Waals surface area contributed by atoms with Crippen molar-refractivity contribution in [2.75, 3.05) is 49.5 Å². The van der Waals surface area contributed by atoms with E-state index in [1.807, 2.05) is 35.2 Å². The van der Waals surface area contributed by atoms with Gasteiger partial charge in [-0.15, -0.1) is 0 Å². The third kappa shape index (κ3) is 5.00. The number of ether oxygens (including phenoxy) is 1. The summed E-state index contributed by atoms with van der Waals surface area (Å²) in [5.41, 5.74) is 1.18. The molecule has 1 aromatic carbocycles. The Morgan fingerprint density at radius 2 is 1.82 bits per heavy atom. The van der Waals surface area contributed by atoms with Crippen LogP contribution < -0.4 is 10.2 Å². The molecular formula is C21H26N4O3. The van der Waals surface area contributed by atoms with Gasteiger partial charge in [0.05, 0.1) is 12.2 Å². The fourth-order valence-electron chi connectivity index (χ4n) is 3.21. The molecular weight excluding hydrogens is 356 g/mol. The van der Waals surface area contributed by atoms with Crippen molar-refractivity contribution in [3.05, 3.63) is 54.2 Å². The van der Waals surface area contributed by atoms with Crippen LogP contribution in [0.1, 0.15) is 23.7 Å². The summed E-state index contributed by atoms with van der Waals surface area (Å²) in [6.07, 6.45) is 2.16. The van der Waals surface area contributed by atoms with Crippen LogP contribution in [0.15, 0.2) is 48.7 Å². The quantitative estimate of drug-likeness (QED) is 0.742. The number of aromatic nitrogens is 1. The van der Waals surface area contributed by atoms with Gasteiger partial charge in [-0.05, 0) is 31.2 Å². The van der Waals surface area contributed by atoms with Gasteiger partial charge < -0.3 is 19.9 Å². The fourth-order valence-corrected chi connectivity index (χ4v) is 3.21. The summed E-state index contributed by atoms with van der Waals surface area (Å²) in [7, 11) is 0. The lowest BCUT2D eigenvalue weighted by Gasteiger charge is -2.35. The zero-order chi connectivity index (χ0) is 19.8. The number of anilines is 2. The van der Waals surface area contributed by atoms with Gasteiger partial charge in [-0.25, -0.2) is 9.78 Å². The summed E-state index contributed by atoms with van der Waals surface area (Å²) in [5.74, 6) is 0.705. The molecule has 1 aliphatic rings. The number of nitrogens with zero attached hydrogens (tertiary/aromatic N) is 3. The Morgan fingerprint density at radius 1 is 1.07 bits per heavy atom. The maximum absolute atomic E-state index is 12.5. The number of benzene rings is 1. The number of para-hydroxylation sites is 1. The van der Waals surface area contributed by atoms with Crippen LogP contribution in [-0.2, 0) is 9.53 Å². The molecule has 0 unspecified atom stereocenters. The second-order valence-corrected chi connectivity index (χ2v) is 6.50. The van der Waals surface area contributed by atoms with E-state index in [-0.39, 0.29) is 11.9 Å². The summed E-state index contributed by atoms with van der Waals surface area (Å²) in [5, 5.41) is 3.19. The zero-order valence-electron chi connectivity index (χ0n) is 16.1. The molecule has 1 saturated heterocycles. The second kappa shape index (κ2) is 9.73. The second-order valence-electron chi connectivity index (χ2n) is 6.50. The first-order chi connectivity index (χ1) is 13.7. The molecule has 0 atom stereocenters. The van der Waals surface area contributed by atoms with Crippen molar-refractivity contribution in [2.24, 2.45) is 0 Å². The van der Waals surface area contributed by atoms with Crippen LogP contribution in [0.5, 0.6) is 0 Å². The minimum Gasteiger partial charge on any atom is -0.462 e. The standard InChI is InChI=1S/C21H26N4O3/c1-2-28-21(27)17-7-3-4-8-18(17)22-12-10-20(26)25-15-13-24(14-16-25)19-9-5-6-11-23-19/h3-9,11,22H,2,10,12-16H2,1H3. The molecule has 0 radical (unpaired) electrons. The Labute approximate surface area is 165 Å². The van der Waals surface area contributed by atoms with Crippen molar-refractivity contribution in [3.63, 3.8) is 0 Å². The van der Waals surface area contributed by atoms with Gasteiger partial charge in [-0.1, -0.05) is 18.2 Å². The Morgan fingerprint density at radius 3 is 2.54 bits per heavy atom. The molecule has 148 valence electrons. The van der Waals surface area contributed by atoms with Gasteiger partial charge in [0.2, 0.25) is 5.91 Å². The van der Waals surface area contributed by atoms with Crippen LogP contribution in [0.2, 0.25) is 0 Å². The van der Waals surface area contributed by atoms with Crippen LogP contribution in [0.3, 0.4) is 0 Å². The third-order valence-electron chi connectivity index (χ3n) is 4.68. The number of hydrogen-bond acceptors (Lipinski definition) is 6. The topological polar surface area (TPSA) is 74.8 Å². The highest BCUT2D eigenvalue weighted by Crippen LogP contribution is 2.17. The molecule has 2 heterocycles. The van der Waals surface area contributed by atoms with Crippen molar-refractivity contribution in [3.8, 4) is 0 Å². The van der Waals surface area contributed by atoms with Gasteiger partial charge in [0.15, 0.2) is 0 Å². The molecule has 3 rings (SSSR count). The SMILES string of the molecule is CCOC(=O)c1ccccc1NCCC(=O)N1CCN(c2ccccn2)CC1. The smallest absolute Gasteiger partial charge is 0.340 e. The summed E-state index contributed by atoms with van der Waals surface area (Å²) >= 11 is 0. The highest BCUT2D eigenvalue weighted by molar-refractivity contribution is 5.95. The van der Waals surface area contributed by atoms with E-state index in [9.17, 15) is 9.59 Å². The summed E-state index contributed by atoms with van der Waals surface area (Å²) < 4.78 is 5.07. The number of nitrogens with one attached hydrogen (secondary N) is 1. The van der Waals surface area contributed by atoms with Crippen LogP contribution in [-0.4, -0.2) is 61.1 Å². The molecule has 28 heavy (non-hydrogen) atoms.